The van der Waals surface area contributed by atoms with Crippen LogP contribution in [-0.2, 0) is 25.7 Å². The van der Waals surface area contributed by atoms with Gasteiger partial charge < -0.3 is 5.73 Å². The zero-order valence-electron chi connectivity index (χ0n) is 7.90. The molecule has 0 spiro atoms. The Bertz CT molecular complexity index is 366. The van der Waals surface area contributed by atoms with Crippen molar-refractivity contribution in [3.8, 4) is 0 Å². The lowest BCUT2D eigenvalue weighted by Crippen LogP contribution is -1.98. The van der Waals surface area contributed by atoms with Crippen molar-refractivity contribution in [1.29, 1.82) is 0 Å². The number of hydrogen-bond donors (Lipinski definition) is 1. The molecule has 0 amide bonds. The van der Waals surface area contributed by atoms with Crippen molar-refractivity contribution in [1.82, 2.24) is 0 Å². The van der Waals surface area contributed by atoms with E-state index < -0.39 is 0 Å². The van der Waals surface area contributed by atoms with E-state index in [1.165, 1.54) is 49.7 Å². The SMILES string of the molecule is Nc1cc2c(c3c1CCC3)CCC2. The first-order chi connectivity index (χ1) is 6.36. The molecule has 1 aromatic carbocycles. The normalized spacial score (nSPS) is 18.8. The third kappa shape index (κ3) is 0.932. The average Bonchev–Trinajstić information content (AvgIpc) is 2.66. The Balaban J connectivity index is 2.28. The van der Waals surface area contributed by atoms with Gasteiger partial charge >= 0.3 is 0 Å². The first-order valence-corrected chi connectivity index (χ1v) is 5.28. The third-order valence-electron chi connectivity index (χ3n) is 3.52. The average molecular weight is 173 g/mol. The summed E-state index contributed by atoms with van der Waals surface area (Å²) in [6, 6.07) is 2.23. The molecule has 68 valence electrons. The molecule has 1 heteroatoms. The summed E-state index contributed by atoms with van der Waals surface area (Å²) in [4.78, 5) is 0. The van der Waals surface area contributed by atoms with Crippen LogP contribution in [0.5, 0.6) is 0 Å². The maximum atomic E-state index is 6.04. The van der Waals surface area contributed by atoms with Crippen molar-refractivity contribution in [2.75, 3.05) is 5.73 Å². The van der Waals surface area contributed by atoms with Crippen molar-refractivity contribution in [2.24, 2.45) is 0 Å². The van der Waals surface area contributed by atoms with Gasteiger partial charge in [0.1, 0.15) is 0 Å². The highest BCUT2D eigenvalue weighted by Crippen LogP contribution is 2.36. The van der Waals surface area contributed by atoms with E-state index in [2.05, 4.69) is 6.07 Å². The van der Waals surface area contributed by atoms with Crippen molar-refractivity contribution in [3.05, 3.63) is 28.3 Å². The maximum absolute atomic E-state index is 6.04. The van der Waals surface area contributed by atoms with Gasteiger partial charge in [-0.25, -0.2) is 0 Å². The molecule has 0 heterocycles. The number of aryl methyl sites for hydroxylation is 1. The molecule has 3 rings (SSSR count). The fraction of sp³-hybridized carbons (Fsp3) is 0.500. The molecular formula is C12H15N. The summed E-state index contributed by atoms with van der Waals surface area (Å²) in [5, 5.41) is 0. The summed E-state index contributed by atoms with van der Waals surface area (Å²) >= 11 is 0. The van der Waals surface area contributed by atoms with E-state index >= 15 is 0 Å². The second-order valence-electron chi connectivity index (χ2n) is 4.27. The van der Waals surface area contributed by atoms with Crippen LogP contribution in [0, 0.1) is 0 Å². The van der Waals surface area contributed by atoms with E-state index in [1.54, 1.807) is 11.1 Å². The Morgan fingerprint density at radius 1 is 0.846 bits per heavy atom. The van der Waals surface area contributed by atoms with Gasteiger partial charge in [-0.1, -0.05) is 0 Å². The van der Waals surface area contributed by atoms with E-state index in [0.29, 0.717) is 0 Å². The largest absolute Gasteiger partial charge is 0.398 e. The van der Waals surface area contributed by atoms with Gasteiger partial charge in [0.25, 0.3) is 0 Å². The monoisotopic (exact) mass is 173 g/mol. The lowest BCUT2D eigenvalue weighted by atomic mass is 9.98. The van der Waals surface area contributed by atoms with Crippen molar-refractivity contribution < 1.29 is 0 Å². The lowest BCUT2D eigenvalue weighted by Gasteiger charge is -2.10. The topological polar surface area (TPSA) is 26.0 Å². The molecule has 2 aliphatic rings. The summed E-state index contributed by atoms with van der Waals surface area (Å²) in [7, 11) is 0. The molecule has 2 N–H and O–H groups in total. The number of rotatable bonds is 0. The Hall–Kier alpha value is -0.980. The number of fused-ring (bicyclic) bond motifs is 3. The van der Waals surface area contributed by atoms with Crippen LogP contribution in [0.2, 0.25) is 0 Å². The molecule has 0 aromatic heterocycles. The molecule has 0 atom stereocenters. The van der Waals surface area contributed by atoms with E-state index in [1.807, 2.05) is 0 Å². The van der Waals surface area contributed by atoms with Gasteiger partial charge in [-0.05, 0) is 66.8 Å². The van der Waals surface area contributed by atoms with E-state index in [4.69, 9.17) is 5.73 Å². The molecule has 0 fully saturated rings. The molecule has 0 bridgehead atoms. The van der Waals surface area contributed by atoms with Crippen molar-refractivity contribution in [3.63, 3.8) is 0 Å². The van der Waals surface area contributed by atoms with Gasteiger partial charge in [0.15, 0.2) is 0 Å². The number of nitrogens with two attached hydrogens (primary N) is 1. The van der Waals surface area contributed by atoms with E-state index in [0.717, 1.165) is 5.69 Å². The van der Waals surface area contributed by atoms with Gasteiger partial charge in [0.2, 0.25) is 0 Å². The highest BCUT2D eigenvalue weighted by molar-refractivity contribution is 5.60. The Morgan fingerprint density at radius 2 is 1.54 bits per heavy atom. The number of hydrogen-bond acceptors (Lipinski definition) is 1. The summed E-state index contributed by atoms with van der Waals surface area (Å²) in [5.41, 5.74) is 13.4. The zero-order chi connectivity index (χ0) is 8.84. The molecular weight excluding hydrogens is 158 g/mol. The number of anilines is 1. The maximum Gasteiger partial charge on any atom is 0.0352 e. The highest BCUT2D eigenvalue weighted by atomic mass is 14.6. The molecule has 0 aliphatic heterocycles. The highest BCUT2D eigenvalue weighted by Gasteiger charge is 2.22. The third-order valence-corrected chi connectivity index (χ3v) is 3.52. The van der Waals surface area contributed by atoms with Gasteiger partial charge in [-0.2, -0.15) is 0 Å². The van der Waals surface area contributed by atoms with Crippen LogP contribution < -0.4 is 5.73 Å². The second-order valence-corrected chi connectivity index (χ2v) is 4.27. The molecule has 0 radical (unpaired) electrons. The quantitative estimate of drug-likeness (QED) is 0.598. The summed E-state index contributed by atoms with van der Waals surface area (Å²) in [5.74, 6) is 0. The molecule has 1 nitrogen and oxygen atoms in total. The standard InChI is InChI=1S/C12H15N/c13-12-7-8-3-1-4-9(8)10-5-2-6-11(10)12/h7H,1-6,13H2. The predicted molar refractivity (Wildman–Crippen MR) is 54.9 cm³/mol. The number of benzene rings is 1. The fourth-order valence-electron chi connectivity index (χ4n) is 2.94. The number of nitrogen functional groups attached to an aromatic ring is 1. The van der Waals surface area contributed by atoms with Crippen LogP contribution in [0.25, 0.3) is 0 Å². The lowest BCUT2D eigenvalue weighted by molar-refractivity contribution is 0.888. The van der Waals surface area contributed by atoms with Gasteiger partial charge in [-0.3, -0.25) is 0 Å². The van der Waals surface area contributed by atoms with Gasteiger partial charge in [-0.15, -0.1) is 0 Å². The van der Waals surface area contributed by atoms with Crippen LogP contribution in [0.1, 0.15) is 35.1 Å². The minimum atomic E-state index is 1.06. The Morgan fingerprint density at radius 3 is 2.46 bits per heavy atom. The smallest absolute Gasteiger partial charge is 0.0352 e. The van der Waals surface area contributed by atoms with Crippen LogP contribution in [-0.4, -0.2) is 0 Å². The van der Waals surface area contributed by atoms with Crippen molar-refractivity contribution >= 4 is 5.69 Å². The molecule has 0 saturated carbocycles. The molecule has 0 saturated heterocycles. The van der Waals surface area contributed by atoms with Crippen LogP contribution >= 0.6 is 0 Å². The van der Waals surface area contributed by atoms with Gasteiger partial charge in [0.05, 0.1) is 0 Å². The predicted octanol–water partition coefficient (Wildman–Crippen LogP) is 2.25. The minimum absolute atomic E-state index is 1.06. The Labute approximate surface area is 78.9 Å². The second kappa shape index (κ2) is 2.50. The van der Waals surface area contributed by atoms with E-state index in [9.17, 15) is 0 Å². The Kier molecular flexibility index (Phi) is 1.43. The molecule has 1 aromatic rings. The van der Waals surface area contributed by atoms with Gasteiger partial charge in [0, 0.05) is 5.69 Å². The molecule has 2 aliphatic carbocycles. The van der Waals surface area contributed by atoms with E-state index in [-0.39, 0.29) is 0 Å². The summed E-state index contributed by atoms with van der Waals surface area (Å²) in [6.45, 7) is 0. The van der Waals surface area contributed by atoms with Crippen LogP contribution in [0.3, 0.4) is 0 Å². The zero-order valence-corrected chi connectivity index (χ0v) is 7.90. The van der Waals surface area contributed by atoms with Crippen molar-refractivity contribution in [2.45, 2.75) is 38.5 Å². The minimum Gasteiger partial charge on any atom is -0.398 e. The fourth-order valence-corrected chi connectivity index (χ4v) is 2.94. The molecule has 0 unspecified atom stereocenters. The molecule has 13 heavy (non-hydrogen) atoms. The first-order valence-electron chi connectivity index (χ1n) is 5.28. The summed E-state index contributed by atoms with van der Waals surface area (Å²) < 4.78 is 0. The van der Waals surface area contributed by atoms with Crippen LogP contribution in [0.15, 0.2) is 6.07 Å². The summed E-state index contributed by atoms with van der Waals surface area (Å²) in [6.07, 6.45) is 7.71. The first kappa shape index (κ1) is 7.43. The van der Waals surface area contributed by atoms with Crippen LogP contribution in [0.4, 0.5) is 5.69 Å².